The Morgan fingerprint density at radius 2 is 1.83 bits per heavy atom. The largest absolute Gasteiger partial charge is 0.465 e. The van der Waals surface area contributed by atoms with Crippen molar-refractivity contribution >= 4 is 40.9 Å². The van der Waals surface area contributed by atoms with Crippen LogP contribution in [0.25, 0.3) is 0 Å². The summed E-state index contributed by atoms with van der Waals surface area (Å²) >= 11 is 1.62. The number of benzene rings is 1. The monoisotopic (exact) mass is 583 g/mol. The number of rotatable bonds is 15. The van der Waals surface area contributed by atoms with Gasteiger partial charge in [0.05, 0.1) is 29.8 Å². The number of hydrogen-bond acceptors (Lipinski definition) is 7. The van der Waals surface area contributed by atoms with Crippen molar-refractivity contribution in [3.8, 4) is 0 Å². The van der Waals surface area contributed by atoms with Crippen LogP contribution in [0.3, 0.4) is 0 Å². The minimum atomic E-state index is -0.801. The van der Waals surface area contributed by atoms with Crippen LogP contribution in [-0.2, 0) is 19.1 Å². The Bertz CT molecular complexity index is 1120. The Hall–Kier alpha value is -2.78. The van der Waals surface area contributed by atoms with Gasteiger partial charge >= 0.3 is 5.97 Å². The van der Waals surface area contributed by atoms with Crippen LogP contribution in [0.4, 0.5) is 11.4 Å². The second-order valence-electron chi connectivity index (χ2n) is 11.2. The lowest BCUT2D eigenvalue weighted by atomic mass is 9.66. The third-order valence-corrected chi connectivity index (χ3v) is 11.1. The summed E-state index contributed by atoms with van der Waals surface area (Å²) in [7, 11) is 0. The Morgan fingerprint density at radius 1 is 1.15 bits per heavy atom. The summed E-state index contributed by atoms with van der Waals surface area (Å²) in [5.41, 5.74) is 1.80. The summed E-state index contributed by atoms with van der Waals surface area (Å²) < 4.78 is 4.93. The number of nitrogens with zero attached hydrogens (tertiary/aromatic N) is 3. The number of anilines is 2. The summed E-state index contributed by atoms with van der Waals surface area (Å²) in [5, 5.41) is 9.87. The zero-order chi connectivity index (χ0) is 29.7. The standard InChI is InChI=1S/C32H45N3O5S/c1-6-10-11-12-20-40-31(39)26-25-21-22(5)32(41-25)27(26)29(37)35(18-19-36)28(32)30(38)34(17-7-2)24-15-13-23(14-16-24)33(8-3)9-4/h6-7,13-16,22,25-28,36H,1-2,8-12,17-21H2,3-5H3/t22?,25-,26+,27-,28?,32?/m0/s1. The molecule has 2 bridgehead atoms. The molecular formula is C32H45N3O5S. The van der Waals surface area contributed by atoms with Crippen LogP contribution in [0.1, 0.15) is 46.5 Å². The first kappa shape index (κ1) is 31.2. The Kier molecular flexibility index (Phi) is 10.2. The SMILES string of the molecule is C=CCCCCOC(=O)[C@@H]1[C@@H]2CC(C)C3(S2)C(C(=O)N(CC=C)c2ccc(N(CC)CC)cc2)N(CCO)C(=O)[C@H]13. The second-order valence-corrected chi connectivity index (χ2v) is 12.7. The molecule has 41 heavy (non-hydrogen) atoms. The lowest BCUT2D eigenvalue weighted by Gasteiger charge is -2.40. The summed E-state index contributed by atoms with van der Waals surface area (Å²) in [6.07, 6.45) is 6.76. The predicted octanol–water partition coefficient (Wildman–Crippen LogP) is 4.28. The highest BCUT2D eigenvalue weighted by molar-refractivity contribution is 8.02. The molecule has 1 aromatic rings. The lowest BCUT2D eigenvalue weighted by molar-refractivity contribution is -0.154. The fourth-order valence-electron chi connectivity index (χ4n) is 7.11. The zero-order valence-electron chi connectivity index (χ0n) is 24.7. The smallest absolute Gasteiger partial charge is 0.310 e. The van der Waals surface area contributed by atoms with E-state index in [1.54, 1.807) is 22.7 Å². The van der Waals surface area contributed by atoms with Crippen LogP contribution in [0, 0.1) is 17.8 Å². The van der Waals surface area contributed by atoms with Gasteiger partial charge in [-0.15, -0.1) is 24.9 Å². The zero-order valence-corrected chi connectivity index (χ0v) is 25.5. The number of thioether (sulfide) groups is 1. The van der Waals surface area contributed by atoms with E-state index in [1.807, 2.05) is 30.3 Å². The number of carbonyl (C=O) groups is 3. The van der Waals surface area contributed by atoms with Crippen molar-refractivity contribution in [1.82, 2.24) is 4.90 Å². The first-order valence-electron chi connectivity index (χ1n) is 14.9. The number of allylic oxidation sites excluding steroid dienone is 1. The van der Waals surface area contributed by atoms with Gasteiger partial charge in [-0.2, -0.15) is 0 Å². The molecule has 3 aliphatic rings. The number of β-amino-alcohol motifs (C(OH)–C–C–N with tert-alkyl or cyclic N) is 1. The summed E-state index contributed by atoms with van der Waals surface area (Å²) in [6, 6.07) is 7.10. The third kappa shape index (κ3) is 5.55. The molecule has 1 N–H and O–H groups in total. The Balaban J connectivity index is 1.66. The molecule has 0 radical (unpaired) electrons. The van der Waals surface area contributed by atoms with Crippen LogP contribution in [0.15, 0.2) is 49.6 Å². The van der Waals surface area contributed by atoms with Gasteiger partial charge in [0.2, 0.25) is 5.91 Å². The number of esters is 1. The van der Waals surface area contributed by atoms with Crippen molar-refractivity contribution in [3.05, 3.63) is 49.6 Å². The number of carbonyl (C=O) groups excluding carboxylic acids is 3. The van der Waals surface area contributed by atoms with Crippen molar-refractivity contribution in [1.29, 1.82) is 0 Å². The van der Waals surface area contributed by atoms with E-state index in [2.05, 4.69) is 38.8 Å². The minimum Gasteiger partial charge on any atom is -0.465 e. The Morgan fingerprint density at radius 3 is 2.44 bits per heavy atom. The highest BCUT2D eigenvalue weighted by atomic mass is 32.2. The normalized spacial score (nSPS) is 28.0. The van der Waals surface area contributed by atoms with Crippen molar-refractivity contribution < 1.29 is 24.2 Å². The predicted molar refractivity (Wildman–Crippen MR) is 165 cm³/mol. The molecule has 1 aromatic carbocycles. The number of ether oxygens (including phenoxy) is 1. The van der Waals surface area contributed by atoms with E-state index < -0.39 is 22.6 Å². The highest BCUT2D eigenvalue weighted by Gasteiger charge is 2.76. The van der Waals surface area contributed by atoms with Gasteiger partial charge in [0.15, 0.2) is 0 Å². The molecule has 3 heterocycles. The van der Waals surface area contributed by atoms with Gasteiger partial charge in [-0.3, -0.25) is 14.4 Å². The maximum Gasteiger partial charge on any atom is 0.310 e. The number of aliphatic hydroxyl groups excluding tert-OH is 1. The number of fused-ring (bicyclic) bond motifs is 1. The number of unbranched alkanes of at least 4 members (excludes halogenated alkanes) is 2. The van der Waals surface area contributed by atoms with E-state index in [-0.39, 0.29) is 48.6 Å². The fraction of sp³-hybridized carbons (Fsp3) is 0.594. The van der Waals surface area contributed by atoms with E-state index in [0.717, 1.165) is 50.1 Å². The molecule has 9 heteroatoms. The molecule has 2 amide bonds. The maximum absolute atomic E-state index is 14.6. The molecule has 0 aromatic heterocycles. The van der Waals surface area contributed by atoms with E-state index in [9.17, 15) is 19.5 Å². The van der Waals surface area contributed by atoms with Crippen LogP contribution >= 0.6 is 11.8 Å². The van der Waals surface area contributed by atoms with Crippen molar-refractivity contribution in [2.75, 3.05) is 49.2 Å². The van der Waals surface area contributed by atoms with Crippen molar-refractivity contribution in [2.24, 2.45) is 17.8 Å². The van der Waals surface area contributed by atoms with E-state index >= 15 is 0 Å². The molecule has 3 aliphatic heterocycles. The molecule has 1 spiro atoms. The number of aliphatic hydroxyl groups is 1. The van der Waals surface area contributed by atoms with Crippen LogP contribution in [0.5, 0.6) is 0 Å². The number of likely N-dealkylation sites (tertiary alicyclic amines) is 1. The number of amides is 2. The third-order valence-electron chi connectivity index (χ3n) is 9.01. The molecule has 8 nitrogen and oxygen atoms in total. The molecule has 0 saturated carbocycles. The lowest BCUT2D eigenvalue weighted by Crippen LogP contribution is -2.57. The van der Waals surface area contributed by atoms with E-state index in [1.165, 1.54) is 4.90 Å². The molecule has 3 saturated heterocycles. The van der Waals surface area contributed by atoms with E-state index in [4.69, 9.17) is 4.74 Å². The average molecular weight is 584 g/mol. The topological polar surface area (TPSA) is 90.4 Å². The fourth-order valence-corrected chi connectivity index (χ4v) is 9.51. The molecule has 224 valence electrons. The molecular weight excluding hydrogens is 538 g/mol. The van der Waals surface area contributed by atoms with Gasteiger partial charge in [0, 0.05) is 42.8 Å². The minimum absolute atomic E-state index is 0.0383. The molecule has 3 fully saturated rings. The van der Waals surface area contributed by atoms with Crippen molar-refractivity contribution in [3.63, 3.8) is 0 Å². The van der Waals surface area contributed by atoms with Crippen LogP contribution < -0.4 is 9.80 Å². The highest BCUT2D eigenvalue weighted by Crippen LogP contribution is 2.68. The van der Waals surface area contributed by atoms with Gasteiger partial charge in [-0.05, 0) is 69.7 Å². The van der Waals surface area contributed by atoms with Gasteiger partial charge in [0.1, 0.15) is 6.04 Å². The number of hydrogen-bond donors (Lipinski definition) is 1. The van der Waals surface area contributed by atoms with Gasteiger partial charge in [0.25, 0.3) is 5.91 Å². The summed E-state index contributed by atoms with van der Waals surface area (Å²) in [6.45, 7) is 16.0. The second kappa shape index (κ2) is 13.5. The van der Waals surface area contributed by atoms with Gasteiger partial charge < -0.3 is 24.5 Å². The first-order valence-corrected chi connectivity index (χ1v) is 15.8. The van der Waals surface area contributed by atoms with Gasteiger partial charge in [-0.1, -0.05) is 19.1 Å². The van der Waals surface area contributed by atoms with E-state index in [0.29, 0.717) is 6.61 Å². The molecule has 6 atom stereocenters. The summed E-state index contributed by atoms with van der Waals surface area (Å²) in [4.78, 5) is 47.5. The summed E-state index contributed by atoms with van der Waals surface area (Å²) in [5.74, 6) is -2.00. The van der Waals surface area contributed by atoms with Gasteiger partial charge in [-0.25, -0.2) is 0 Å². The quantitative estimate of drug-likeness (QED) is 0.187. The Labute approximate surface area is 248 Å². The average Bonchev–Trinajstić information content (AvgIpc) is 3.56. The van der Waals surface area contributed by atoms with Crippen LogP contribution in [0.2, 0.25) is 0 Å². The molecule has 0 aliphatic carbocycles. The van der Waals surface area contributed by atoms with Crippen LogP contribution in [-0.4, -0.2) is 83.2 Å². The first-order chi connectivity index (χ1) is 19.8. The molecule has 4 rings (SSSR count). The molecule has 3 unspecified atom stereocenters. The maximum atomic E-state index is 14.6. The van der Waals surface area contributed by atoms with Crippen molar-refractivity contribution in [2.45, 2.75) is 62.5 Å².